The summed E-state index contributed by atoms with van der Waals surface area (Å²) in [4.78, 5) is 49.2. The lowest BCUT2D eigenvalue weighted by Crippen LogP contribution is -2.15. The van der Waals surface area contributed by atoms with Crippen LogP contribution >= 0.6 is 0 Å². The third-order valence-electron chi connectivity index (χ3n) is 10.2. The third-order valence-corrected chi connectivity index (χ3v) is 10.2. The zero-order valence-electron chi connectivity index (χ0n) is 36.0. The molecular formula is C48H76O8. The molecule has 0 fully saturated rings. The van der Waals surface area contributed by atoms with Crippen LogP contribution in [0.3, 0.4) is 0 Å². The predicted molar refractivity (Wildman–Crippen MR) is 227 cm³/mol. The van der Waals surface area contributed by atoms with Crippen LogP contribution in [-0.2, 0) is 18.9 Å². The lowest BCUT2D eigenvalue weighted by atomic mass is 10.0. The van der Waals surface area contributed by atoms with Crippen LogP contribution in [0.25, 0.3) is 0 Å². The SMILES string of the molecule is CCCCC(CC)COC(=O)c1ccc(C(=O)OCC(CC)CCCC)cc1.CCCCCCCCOC(=O)c1ccccc1C(=O)OCCCCCCCC. The maximum absolute atomic E-state index is 12.4. The van der Waals surface area contributed by atoms with Crippen molar-refractivity contribution < 1.29 is 38.1 Å². The van der Waals surface area contributed by atoms with Crippen LogP contribution in [0.5, 0.6) is 0 Å². The minimum atomic E-state index is -0.444. The molecule has 8 heteroatoms. The largest absolute Gasteiger partial charge is 0.462 e. The van der Waals surface area contributed by atoms with E-state index in [-0.39, 0.29) is 11.9 Å². The van der Waals surface area contributed by atoms with Gasteiger partial charge in [-0.05, 0) is 73.9 Å². The maximum Gasteiger partial charge on any atom is 0.339 e. The Hall–Kier alpha value is -3.68. The number of hydrogen-bond acceptors (Lipinski definition) is 8. The minimum Gasteiger partial charge on any atom is -0.462 e. The molecule has 0 aliphatic rings. The molecule has 2 aromatic carbocycles. The van der Waals surface area contributed by atoms with Crippen LogP contribution in [0.2, 0.25) is 0 Å². The average molecular weight is 781 g/mol. The number of rotatable bonds is 30. The fourth-order valence-electron chi connectivity index (χ4n) is 6.18. The van der Waals surface area contributed by atoms with Crippen LogP contribution in [-0.4, -0.2) is 50.3 Å². The maximum atomic E-state index is 12.4. The van der Waals surface area contributed by atoms with Gasteiger partial charge in [0, 0.05) is 0 Å². The van der Waals surface area contributed by atoms with Gasteiger partial charge in [0.05, 0.1) is 48.7 Å². The second-order valence-corrected chi connectivity index (χ2v) is 15.0. The van der Waals surface area contributed by atoms with Crippen molar-refractivity contribution in [1.29, 1.82) is 0 Å². The van der Waals surface area contributed by atoms with Crippen molar-refractivity contribution in [2.75, 3.05) is 26.4 Å². The average Bonchev–Trinajstić information content (AvgIpc) is 3.23. The Morgan fingerprint density at radius 3 is 1.09 bits per heavy atom. The van der Waals surface area contributed by atoms with E-state index in [1.165, 1.54) is 51.4 Å². The van der Waals surface area contributed by atoms with Crippen molar-refractivity contribution in [3.63, 3.8) is 0 Å². The third kappa shape index (κ3) is 22.8. The van der Waals surface area contributed by atoms with Crippen LogP contribution in [0, 0.1) is 11.8 Å². The van der Waals surface area contributed by atoms with Crippen molar-refractivity contribution in [1.82, 2.24) is 0 Å². The summed E-state index contributed by atoms with van der Waals surface area (Å²) in [5.41, 5.74) is 1.52. The number of hydrogen-bond donors (Lipinski definition) is 0. The van der Waals surface area contributed by atoms with E-state index in [0.717, 1.165) is 77.0 Å². The monoisotopic (exact) mass is 781 g/mol. The topological polar surface area (TPSA) is 105 Å². The smallest absolute Gasteiger partial charge is 0.339 e. The first-order valence-electron chi connectivity index (χ1n) is 22.1. The van der Waals surface area contributed by atoms with E-state index in [4.69, 9.17) is 18.9 Å². The van der Waals surface area contributed by atoms with E-state index in [2.05, 4.69) is 41.5 Å². The molecule has 56 heavy (non-hydrogen) atoms. The van der Waals surface area contributed by atoms with Gasteiger partial charge in [-0.3, -0.25) is 0 Å². The molecule has 8 nitrogen and oxygen atoms in total. The van der Waals surface area contributed by atoms with Crippen LogP contribution < -0.4 is 0 Å². The molecule has 0 heterocycles. The highest BCUT2D eigenvalue weighted by Crippen LogP contribution is 2.17. The summed E-state index contributed by atoms with van der Waals surface area (Å²) in [6.07, 6.45) is 22.4. The number of ether oxygens (including phenoxy) is 4. The quantitative estimate of drug-likeness (QED) is 0.0438. The molecule has 2 atom stereocenters. The summed E-state index contributed by atoms with van der Waals surface area (Å²) in [6, 6.07) is 13.3. The highest BCUT2D eigenvalue weighted by Gasteiger charge is 2.19. The molecule has 0 aliphatic carbocycles. The van der Waals surface area contributed by atoms with E-state index in [1.807, 2.05) is 0 Å². The molecule has 0 spiro atoms. The number of unbranched alkanes of at least 4 members (excludes halogenated alkanes) is 12. The Morgan fingerprint density at radius 2 is 0.750 bits per heavy atom. The van der Waals surface area contributed by atoms with Gasteiger partial charge in [0.1, 0.15) is 0 Å². The summed E-state index contributed by atoms with van der Waals surface area (Å²) < 4.78 is 21.6. The van der Waals surface area contributed by atoms with Crippen molar-refractivity contribution in [3.8, 4) is 0 Å². The molecule has 0 aromatic heterocycles. The van der Waals surface area contributed by atoms with Gasteiger partial charge in [0.2, 0.25) is 0 Å². The summed E-state index contributed by atoms with van der Waals surface area (Å²) in [5.74, 6) is -0.725. The van der Waals surface area contributed by atoms with E-state index in [1.54, 1.807) is 48.5 Å². The summed E-state index contributed by atoms with van der Waals surface area (Å²) in [6.45, 7) is 14.7. The molecule has 0 N–H and O–H groups in total. The summed E-state index contributed by atoms with van der Waals surface area (Å²) in [7, 11) is 0. The first-order valence-corrected chi connectivity index (χ1v) is 22.1. The first kappa shape index (κ1) is 50.3. The second-order valence-electron chi connectivity index (χ2n) is 15.0. The van der Waals surface area contributed by atoms with Gasteiger partial charge in [-0.25, -0.2) is 19.2 Å². The molecule has 0 aliphatic heterocycles. The lowest BCUT2D eigenvalue weighted by molar-refractivity contribution is 0.0414. The van der Waals surface area contributed by atoms with Crippen LogP contribution in [0.15, 0.2) is 48.5 Å². The highest BCUT2D eigenvalue weighted by molar-refractivity contribution is 6.03. The first-order chi connectivity index (χ1) is 27.3. The van der Waals surface area contributed by atoms with Crippen molar-refractivity contribution in [2.24, 2.45) is 11.8 Å². The highest BCUT2D eigenvalue weighted by atomic mass is 16.5. The normalized spacial score (nSPS) is 11.8. The molecule has 2 unspecified atom stereocenters. The van der Waals surface area contributed by atoms with Crippen molar-refractivity contribution >= 4 is 23.9 Å². The molecule has 0 bridgehead atoms. The van der Waals surface area contributed by atoms with E-state index in [9.17, 15) is 19.2 Å². The van der Waals surface area contributed by atoms with Crippen LogP contribution in [0.4, 0.5) is 0 Å². The lowest BCUT2D eigenvalue weighted by Gasteiger charge is -2.15. The van der Waals surface area contributed by atoms with Crippen molar-refractivity contribution in [2.45, 2.75) is 170 Å². The van der Waals surface area contributed by atoms with Gasteiger partial charge in [0.15, 0.2) is 0 Å². The number of benzene rings is 2. The number of carbonyl (C=O) groups is 4. The predicted octanol–water partition coefficient (Wildman–Crippen LogP) is 13.2. The van der Waals surface area contributed by atoms with Crippen LogP contribution in [0.1, 0.15) is 211 Å². The summed E-state index contributed by atoms with van der Waals surface area (Å²) in [5, 5.41) is 0. The van der Waals surface area contributed by atoms with Gasteiger partial charge in [-0.15, -0.1) is 0 Å². The van der Waals surface area contributed by atoms with Gasteiger partial charge in [-0.2, -0.15) is 0 Å². The Kier molecular flexibility index (Phi) is 30.1. The van der Waals surface area contributed by atoms with Gasteiger partial charge < -0.3 is 18.9 Å². The zero-order valence-corrected chi connectivity index (χ0v) is 36.0. The molecule has 0 radical (unpaired) electrons. The number of carbonyl (C=O) groups excluding carboxylic acids is 4. The second kappa shape index (κ2) is 33.5. The van der Waals surface area contributed by atoms with Gasteiger partial charge >= 0.3 is 23.9 Å². The van der Waals surface area contributed by atoms with Gasteiger partial charge in [-0.1, -0.05) is 156 Å². The summed E-state index contributed by atoms with van der Waals surface area (Å²) >= 11 is 0. The standard InChI is InChI=1S/2C24H38O4/c1-5-9-11-19(7-3)17-27-23(25)21-13-15-22(16-14-21)24(26)28-18-20(8-4)12-10-6-2;1-3-5-7-9-11-15-19-27-23(25)21-17-13-14-18-22(21)24(26)28-20-16-12-10-8-6-4-2/h13-16,19-20H,5-12,17-18H2,1-4H3;13-14,17-18H,3-12,15-16,19-20H2,1-2H3. The zero-order chi connectivity index (χ0) is 41.2. The molecule has 2 aromatic rings. The van der Waals surface area contributed by atoms with E-state index < -0.39 is 11.9 Å². The molecule has 316 valence electrons. The Labute approximate surface area is 340 Å². The Balaban J connectivity index is 0.000000560. The fourth-order valence-corrected chi connectivity index (χ4v) is 6.18. The van der Waals surface area contributed by atoms with E-state index >= 15 is 0 Å². The van der Waals surface area contributed by atoms with Crippen molar-refractivity contribution in [3.05, 3.63) is 70.8 Å². The Bertz CT molecular complexity index is 1220. The molecular weight excluding hydrogens is 705 g/mol. The molecule has 0 amide bonds. The number of esters is 4. The van der Waals surface area contributed by atoms with Gasteiger partial charge in [0.25, 0.3) is 0 Å². The molecule has 2 rings (SSSR count). The Morgan fingerprint density at radius 1 is 0.411 bits per heavy atom. The fraction of sp³-hybridized carbons (Fsp3) is 0.667. The minimum absolute atomic E-state index is 0.293. The molecule has 0 saturated carbocycles. The van der Waals surface area contributed by atoms with E-state index in [0.29, 0.717) is 60.5 Å². The molecule has 0 saturated heterocycles.